The minimum absolute atomic E-state index is 0.808. The van der Waals surface area contributed by atoms with Gasteiger partial charge in [-0.15, -0.1) is 11.3 Å². The third-order valence-electron chi connectivity index (χ3n) is 3.58. The summed E-state index contributed by atoms with van der Waals surface area (Å²) in [6.45, 7) is 4.22. The highest BCUT2D eigenvalue weighted by Crippen LogP contribution is 2.33. The lowest BCUT2D eigenvalue weighted by molar-refractivity contribution is -0.895. The van der Waals surface area contributed by atoms with E-state index in [4.69, 9.17) is 0 Å². The highest BCUT2D eigenvalue weighted by atomic mass is 32.1. The Morgan fingerprint density at radius 2 is 2.33 bits per heavy atom. The predicted molar refractivity (Wildman–Crippen MR) is 70.1 cm³/mol. The highest BCUT2D eigenvalue weighted by Gasteiger charge is 2.24. The molecule has 3 aromatic heterocycles. The van der Waals surface area contributed by atoms with Gasteiger partial charge in [-0.05, 0) is 12.5 Å². The van der Waals surface area contributed by atoms with Crippen LogP contribution in [0.2, 0.25) is 0 Å². The number of fused-ring (bicyclic) bond motifs is 5. The van der Waals surface area contributed by atoms with Crippen LogP contribution >= 0.6 is 11.3 Å². The van der Waals surface area contributed by atoms with Gasteiger partial charge in [0.05, 0.1) is 23.9 Å². The molecule has 5 nitrogen and oxygen atoms in total. The predicted octanol–water partition coefficient (Wildman–Crippen LogP) is 0.218. The second-order valence-electron chi connectivity index (χ2n) is 4.99. The van der Waals surface area contributed by atoms with Crippen LogP contribution in [0.25, 0.3) is 15.9 Å². The lowest BCUT2D eigenvalue weighted by Gasteiger charge is -2.19. The van der Waals surface area contributed by atoms with Gasteiger partial charge < -0.3 is 4.90 Å². The fraction of sp³-hybridized carbons (Fsp3) is 0.417. The first kappa shape index (κ1) is 10.4. The summed E-state index contributed by atoms with van der Waals surface area (Å²) in [7, 11) is 2.25. The standard InChI is InChI=1S/C12H13N5S/c1-7-14-11-10-8-3-4-16(2)5-9(8)18-12(10)13-6-17(11)15-7/h6H,3-5H2,1-2H3/p+1. The summed E-state index contributed by atoms with van der Waals surface area (Å²) in [5.41, 5.74) is 2.42. The molecule has 0 amide bonds. The second-order valence-corrected chi connectivity index (χ2v) is 6.07. The largest absolute Gasteiger partial charge is 0.333 e. The Morgan fingerprint density at radius 1 is 1.44 bits per heavy atom. The fourth-order valence-electron chi connectivity index (χ4n) is 2.72. The molecule has 18 heavy (non-hydrogen) atoms. The first-order valence-electron chi connectivity index (χ1n) is 6.16. The van der Waals surface area contributed by atoms with Gasteiger partial charge in [0.25, 0.3) is 0 Å². The van der Waals surface area contributed by atoms with Crippen molar-refractivity contribution in [3.05, 3.63) is 22.6 Å². The fourth-order valence-corrected chi connectivity index (χ4v) is 4.01. The van der Waals surface area contributed by atoms with E-state index in [1.54, 1.807) is 15.7 Å². The quantitative estimate of drug-likeness (QED) is 0.629. The van der Waals surface area contributed by atoms with E-state index >= 15 is 0 Å². The Morgan fingerprint density at radius 3 is 3.22 bits per heavy atom. The molecule has 0 aliphatic carbocycles. The zero-order valence-electron chi connectivity index (χ0n) is 10.4. The third kappa shape index (κ3) is 1.33. The minimum atomic E-state index is 0.808. The Balaban J connectivity index is 2.11. The molecule has 4 heterocycles. The molecule has 1 aliphatic rings. The van der Waals surface area contributed by atoms with Gasteiger partial charge in [-0.25, -0.2) is 14.5 Å². The molecule has 92 valence electrons. The Labute approximate surface area is 108 Å². The second kappa shape index (κ2) is 3.49. The van der Waals surface area contributed by atoms with Crippen molar-refractivity contribution in [2.75, 3.05) is 13.6 Å². The van der Waals surface area contributed by atoms with Crippen LogP contribution in [0.3, 0.4) is 0 Å². The number of hydrogen-bond acceptors (Lipinski definition) is 4. The van der Waals surface area contributed by atoms with Gasteiger partial charge in [0.15, 0.2) is 5.65 Å². The SMILES string of the molecule is Cc1nc2c3c4c(sc3ncn2n1)C[NH+](C)CC4. The summed E-state index contributed by atoms with van der Waals surface area (Å²) in [5.74, 6) is 0.808. The molecule has 0 fully saturated rings. The molecule has 6 heteroatoms. The van der Waals surface area contributed by atoms with Gasteiger partial charge in [-0.2, -0.15) is 5.10 Å². The maximum atomic E-state index is 4.55. The van der Waals surface area contributed by atoms with E-state index in [9.17, 15) is 0 Å². The van der Waals surface area contributed by atoms with Crippen molar-refractivity contribution in [1.82, 2.24) is 19.6 Å². The summed E-state index contributed by atoms with van der Waals surface area (Å²) < 4.78 is 1.80. The molecule has 1 aliphatic heterocycles. The van der Waals surface area contributed by atoms with Crippen molar-refractivity contribution in [3.8, 4) is 0 Å². The normalized spacial score (nSPS) is 19.6. The number of aryl methyl sites for hydroxylation is 1. The van der Waals surface area contributed by atoms with Crippen molar-refractivity contribution in [1.29, 1.82) is 0 Å². The van der Waals surface area contributed by atoms with Gasteiger partial charge in [-0.1, -0.05) is 0 Å². The molecular formula is C12H14N5S+. The number of quaternary nitrogens is 1. The number of nitrogens with zero attached hydrogens (tertiary/aromatic N) is 4. The summed E-state index contributed by atoms with van der Waals surface area (Å²) in [6, 6.07) is 0. The number of thiophene rings is 1. The Bertz CT molecular complexity index is 757. The van der Waals surface area contributed by atoms with E-state index in [0.717, 1.165) is 29.3 Å². The van der Waals surface area contributed by atoms with Gasteiger partial charge in [0.2, 0.25) is 0 Å². The number of hydrogen-bond donors (Lipinski definition) is 1. The molecule has 4 rings (SSSR count). The molecule has 1 atom stereocenters. The maximum Gasteiger partial charge on any atom is 0.167 e. The van der Waals surface area contributed by atoms with E-state index in [2.05, 4.69) is 22.1 Å². The van der Waals surface area contributed by atoms with Crippen LogP contribution in [-0.2, 0) is 13.0 Å². The van der Waals surface area contributed by atoms with Gasteiger partial charge in [0.1, 0.15) is 23.5 Å². The van der Waals surface area contributed by atoms with Crippen LogP contribution in [-0.4, -0.2) is 33.2 Å². The van der Waals surface area contributed by atoms with Crippen LogP contribution in [0.15, 0.2) is 6.33 Å². The van der Waals surface area contributed by atoms with Crippen molar-refractivity contribution in [2.45, 2.75) is 19.9 Å². The van der Waals surface area contributed by atoms with E-state index in [0.29, 0.717) is 0 Å². The molecule has 1 N–H and O–H groups in total. The first-order valence-corrected chi connectivity index (χ1v) is 6.97. The molecule has 0 saturated carbocycles. The van der Waals surface area contributed by atoms with E-state index < -0.39 is 0 Å². The van der Waals surface area contributed by atoms with Crippen LogP contribution < -0.4 is 4.90 Å². The molecule has 0 aromatic carbocycles. The maximum absolute atomic E-state index is 4.55. The van der Waals surface area contributed by atoms with Crippen molar-refractivity contribution < 1.29 is 4.90 Å². The van der Waals surface area contributed by atoms with Gasteiger partial charge in [-0.3, -0.25) is 0 Å². The lowest BCUT2D eigenvalue weighted by Crippen LogP contribution is -3.08. The lowest BCUT2D eigenvalue weighted by atomic mass is 10.1. The number of likely N-dealkylation sites (N-methyl/N-ethyl adjacent to an activating group) is 1. The summed E-state index contributed by atoms with van der Waals surface area (Å²) in [4.78, 5) is 13.2. The average Bonchev–Trinajstić information content (AvgIpc) is 2.86. The molecule has 0 radical (unpaired) electrons. The summed E-state index contributed by atoms with van der Waals surface area (Å²) in [5, 5.41) is 5.58. The minimum Gasteiger partial charge on any atom is -0.333 e. The molecule has 3 aromatic rings. The third-order valence-corrected chi connectivity index (χ3v) is 4.72. The van der Waals surface area contributed by atoms with Crippen molar-refractivity contribution in [2.24, 2.45) is 0 Å². The number of rotatable bonds is 0. The number of aromatic nitrogens is 4. The topological polar surface area (TPSA) is 47.5 Å². The average molecular weight is 260 g/mol. The summed E-state index contributed by atoms with van der Waals surface area (Å²) >= 11 is 1.81. The van der Waals surface area contributed by atoms with Crippen LogP contribution in [0.4, 0.5) is 0 Å². The van der Waals surface area contributed by atoms with E-state index in [-0.39, 0.29) is 0 Å². The van der Waals surface area contributed by atoms with Gasteiger partial charge in [0, 0.05) is 6.42 Å². The Hall–Kier alpha value is -1.53. The van der Waals surface area contributed by atoms with Crippen LogP contribution in [0.5, 0.6) is 0 Å². The monoisotopic (exact) mass is 260 g/mol. The first-order chi connectivity index (χ1) is 8.72. The Kier molecular flexibility index (Phi) is 2.02. The van der Waals surface area contributed by atoms with E-state index in [1.807, 2.05) is 18.3 Å². The van der Waals surface area contributed by atoms with Crippen molar-refractivity contribution >= 4 is 27.2 Å². The number of nitrogens with one attached hydrogen (secondary N) is 1. The van der Waals surface area contributed by atoms with Crippen molar-refractivity contribution in [3.63, 3.8) is 0 Å². The molecule has 0 spiro atoms. The zero-order chi connectivity index (χ0) is 12.3. The zero-order valence-corrected chi connectivity index (χ0v) is 11.2. The molecule has 0 saturated heterocycles. The molecule has 1 unspecified atom stereocenters. The molecular weight excluding hydrogens is 246 g/mol. The van der Waals surface area contributed by atoms with E-state index in [1.165, 1.54) is 22.4 Å². The highest BCUT2D eigenvalue weighted by molar-refractivity contribution is 7.19. The van der Waals surface area contributed by atoms with Crippen LogP contribution in [0.1, 0.15) is 16.3 Å². The smallest absolute Gasteiger partial charge is 0.167 e. The molecule has 0 bridgehead atoms. The van der Waals surface area contributed by atoms with Crippen LogP contribution in [0, 0.1) is 6.92 Å². The van der Waals surface area contributed by atoms with Gasteiger partial charge >= 0.3 is 0 Å². The summed E-state index contributed by atoms with van der Waals surface area (Å²) in [6.07, 6.45) is 2.89.